The van der Waals surface area contributed by atoms with Crippen molar-refractivity contribution in [1.29, 1.82) is 0 Å². The molecule has 1 saturated heterocycles. The van der Waals surface area contributed by atoms with E-state index in [2.05, 4.69) is 73.3 Å². The van der Waals surface area contributed by atoms with E-state index in [-0.39, 0.29) is 5.56 Å². The number of aryl methyl sites for hydroxylation is 2. The van der Waals surface area contributed by atoms with Crippen molar-refractivity contribution in [1.82, 2.24) is 24.3 Å². The summed E-state index contributed by atoms with van der Waals surface area (Å²) < 4.78 is 14.8. The molecule has 0 aliphatic carbocycles. The number of pyridine rings is 1. The predicted molar refractivity (Wildman–Crippen MR) is 184 cm³/mol. The lowest BCUT2D eigenvalue weighted by molar-refractivity contribution is 0.122. The number of nitrogens with one attached hydrogen (secondary N) is 1. The summed E-state index contributed by atoms with van der Waals surface area (Å²) in [6, 6.07) is 5.69. The standard InChI is InChI=1S/C34H45N7O3Si/c1-22(2)45(23(3)4,24(5)6)15-10-25-16-32(42)40(8)33-28(25)20-35-34(38-33)37-29-17-27(26-19-36-39(7)21-26)30(18-31(29)43-9)41-11-13-44-14-12-41/h16-24H,11-14H2,1-9H3,(H,35,37,38). The second-order valence-corrected chi connectivity index (χ2v) is 18.3. The molecule has 4 aromatic rings. The zero-order chi connectivity index (χ0) is 32.5. The third-order valence-corrected chi connectivity index (χ3v) is 15.5. The molecule has 4 heterocycles. The van der Waals surface area contributed by atoms with Gasteiger partial charge in [0.1, 0.15) is 19.5 Å². The van der Waals surface area contributed by atoms with Gasteiger partial charge in [0.05, 0.1) is 37.6 Å². The zero-order valence-electron chi connectivity index (χ0n) is 27.9. The van der Waals surface area contributed by atoms with Crippen molar-refractivity contribution in [2.24, 2.45) is 14.1 Å². The van der Waals surface area contributed by atoms with E-state index in [1.165, 1.54) is 0 Å². The Labute approximate surface area is 266 Å². The van der Waals surface area contributed by atoms with Crippen LogP contribution in [0.25, 0.3) is 22.2 Å². The van der Waals surface area contributed by atoms with Gasteiger partial charge in [0, 0.05) is 74.1 Å². The van der Waals surface area contributed by atoms with Gasteiger partial charge in [-0.2, -0.15) is 10.1 Å². The van der Waals surface area contributed by atoms with Crippen LogP contribution in [-0.2, 0) is 18.8 Å². The maximum atomic E-state index is 13.1. The van der Waals surface area contributed by atoms with Crippen LogP contribution in [0.15, 0.2) is 41.6 Å². The Morgan fingerprint density at radius 3 is 2.29 bits per heavy atom. The number of nitrogens with zero attached hydrogens (tertiary/aromatic N) is 6. The first-order chi connectivity index (χ1) is 21.5. The second kappa shape index (κ2) is 13.1. The van der Waals surface area contributed by atoms with Gasteiger partial charge < -0.3 is 19.7 Å². The summed E-state index contributed by atoms with van der Waals surface area (Å²) in [5.74, 6) is 4.46. The highest BCUT2D eigenvalue weighted by atomic mass is 28.3. The lowest BCUT2D eigenvalue weighted by Crippen LogP contribution is -2.43. The van der Waals surface area contributed by atoms with E-state index in [9.17, 15) is 4.79 Å². The molecular weight excluding hydrogens is 583 g/mol. The average Bonchev–Trinajstić information content (AvgIpc) is 3.45. The molecule has 0 amide bonds. The van der Waals surface area contributed by atoms with Crippen molar-refractivity contribution >= 4 is 36.4 Å². The molecule has 0 bridgehead atoms. The summed E-state index contributed by atoms with van der Waals surface area (Å²) in [6.45, 7) is 16.6. The van der Waals surface area contributed by atoms with Gasteiger partial charge in [-0.25, -0.2) is 4.98 Å². The van der Waals surface area contributed by atoms with Crippen molar-refractivity contribution in [2.45, 2.75) is 58.2 Å². The predicted octanol–water partition coefficient (Wildman–Crippen LogP) is 5.89. The van der Waals surface area contributed by atoms with E-state index in [0.717, 1.165) is 35.3 Å². The van der Waals surface area contributed by atoms with Crippen molar-refractivity contribution < 1.29 is 9.47 Å². The van der Waals surface area contributed by atoms with Crippen LogP contribution in [0.5, 0.6) is 5.75 Å². The summed E-state index contributed by atoms with van der Waals surface area (Å²) in [6.07, 6.45) is 5.61. The Hall–Kier alpha value is -4.14. The minimum atomic E-state index is -2.00. The number of hydrogen-bond donors (Lipinski definition) is 1. The lowest BCUT2D eigenvalue weighted by Gasteiger charge is -2.38. The van der Waals surface area contributed by atoms with E-state index in [1.54, 1.807) is 35.7 Å². The quantitative estimate of drug-likeness (QED) is 0.191. The van der Waals surface area contributed by atoms with Crippen molar-refractivity contribution in [3.8, 4) is 28.3 Å². The molecule has 1 aliphatic heterocycles. The van der Waals surface area contributed by atoms with Crippen LogP contribution in [0, 0.1) is 11.5 Å². The molecule has 45 heavy (non-hydrogen) atoms. The second-order valence-electron chi connectivity index (χ2n) is 12.7. The molecule has 0 atom stereocenters. The Morgan fingerprint density at radius 2 is 1.69 bits per heavy atom. The van der Waals surface area contributed by atoms with Gasteiger partial charge in [-0.1, -0.05) is 47.5 Å². The van der Waals surface area contributed by atoms with Crippen LogP contribution in [0.2, 0.25) is 16.6 Å². The fourth-order valence-corrected chi connectivity index (χ4v) is 12.0. The number of benzene rings is 1. The number of rotatable bonds is 8. The van der Waals surface area contributed by atoms with Gasteiger partial charge in [0.25, 0.3) is 5.56 Å². The molecular formula is C34H45N7O3Si. The largest absolute Gasteiger partial charge is 0.494 e. The topological polar surface area (TPSA) is 99.3 Å². The first kappa shape index (κ1) is 32.3. The molecule has 0 saturated carbocycles. The van der Waals surface area contributed by atoms with E-state index in [0.29, 0.717) is 58.4 Å². The maximum absolute atomic E-state index is 13.1. The van der Waals surface area contributed by atoms with Crippen molar-refractivity contribution in [2.75, 3.05) is 43.6 Å². The van der Waals surface area contributed by atoms with Crippen LogP contribution in [-0.4, -0.2) is 65.8 Å². The molecule has 238 valence electrons. The van der Waals surface area contributed by atoms with Crippen molar-refractivity contribution in [3.05, 3.63) is 52.7 Å². The van der Waals surface area contributed by atoms with Gasteiger partial charge in [-0.05, 0) is 22.7 Å². The minimum absolute atomic E-state index is 0.159. The molecule has 1 N–H and O–H groups in total. The zero-order valence-corrected chi connectivity index (χ0v) is 28.9. The van der Waals surface area contributed by atoms with Crippen LogP contribution >= 0.6 is 0 Å². The molecule has 0 spiro atoms. The first-order valence-electron chi connectivity index (χ1n) is 15.7. The third-order valence-electron chi connectivity index (χ3n) is 9.19. The number of morpholine rings is 1. The number of anilines is 3. The summed E-state index contributed by atoms with van der Waals surface area (Å²) >= 11 is 0. The van der Waals surface area contributed by atoms with Crippen LogP contribution in [0.4, 0.5) is 17.3 Å². The highest BCUT2D eigenvalue weighted by Crippen LogP contribution is 2.42. The normalized spacial score (nSPS) is 13.9. The molecule has 11 heteroatoms. The van der Waals surface area contributed by atoms with Gasteiger partial charge in [-0.3, -0.25) is 14.0 Å². The molecule has 1 aliphatic rings. The molecule has 1 aromatic carbocycles. The Morgan fingerprint density at radius 1 is 1.00 bits per heavy atom. The summed E-state index contributed by atoms with van der Waals surface area (Å²) in [4.78, 5) is 24.9. The molecule has 10 nitrogen and oxygen atoms in total. The first-order valence-corrected chi connectivity index (χ1v) is 17.9. The third kappa shape index (κ3) is 6.22. The monoisotopic (exact) mass is 627 g/mol. The number of aromatic nitrogens is 5. The van der Waals surface area contributed by atoms with Crippen LogP contribution in [0.3, 0.4) is 0 Å². The van der Waals surface area contributed by atoms with E-state index in [1.807, 2.05) is 31.6 Å². The number of hydrogen-bond acceptors (Lipinski definition) is 8. The number of ether oxygens (including phenoxy) is 2. The molecule has 0 radical (unpaired) electrons. The highest BCUT2D eigenvalue weighted by molar-refractivity contribution is 6.90. The van der Waals surface area contributed by atoms with Gasteiger partial charge in [0.2, 0.25) is 5.95 Å². The Kier molecular flexibility index (Phi) is 9.37. The molecule has 3 aromatic heterocycles. The van der Waals surface area contributed by atoms with Crippen LogP contribution < -0.4 is 20.5 Å². The smallest absolute Gasteiger partial charge is 0.253 e. The minimum Gasteiger partial charge on any atom is -0.494 e. The summed E-state index contributed by atoms with van der Waals surface area (Å²) in [5, 5.41) is 8.53. The number of fused-ring (bicyclic) bond motifs is 1. The average molecular weight is 628 g/mol. The maximum Gasteiger partial charge on any atom is 0.253 e. The molecule has 5 rings (SSSR count). The Balaban J connectivity index is 1.59. The fourth-order valence-electron chi connectivity index (χ4n) is 6.81. The van der Waals surface area contributed by atoms with E-state index in [4.69, 9.17) is 14.5 Å². The summed E-state index contributed by atoms with van der Waals surface area (Å²) in [7, 11) is 3.28. The van der Waals surface area contributed by atoms with Crippen LogP contribution in [0.1, 0.15) is 47.1 Å². The van der Waals surface area contributed by atoms with Gasteiger partial charge in [0.15, 0.2) is 0 Å². The molecule has 1 fully saturated rings. The summed E-state index contributed by atoms with van der Waals surface area (Å²) in [5.41, 5.74) is 9.97. The number of methoxy groups -OCH3 is 1. The lowest BCUT2D eigenvalue weighted by atomic mass is 10.0. The Bertz CT molecular complexity index is 1790. The van der Waals surface area contributed by atoms with E-state index >= 15 is 0 Å². The highest BCUT2D eigenvalue weighted by Gasteiger charge is 2.41. The van der Waals surface area contributed by atoms with Gasteiger partial charge in [-0.15, -0.1) is 5.54 Å². The van der Waals surface area contributed by atoms with Crippen molar-refractivity contribution in [3.63, 3.8) is 0 Å². The van der Waals surface area contributed by atoms with Gasteiger partial charge >= 0.3 is 0 Å². The molecule has 0 unspecified atom stereocenters. The SMILES string of the molecule is COc1cc(N2CCOCC2)c(-c2cnn(C)c2)cc1Nc1ncc2c(C#C[Si](C(C)C)(C(C)C)C(C)C)cc(=O)n(C)c2n1. The van der Waals surface area contributed by atoms with E-state index < -0.39 is 8.07 Å². The fraction of sp³-hybridized carbons (Fsp3) is 0.471.